The smallest absolute Gasteiger partial charge is 0.0641 e. The summed E-state index contributed by atoms with van der Waals surface area (Å²) in [5.74, 6) is 2.15. The van der Waals surface area contributed by atoms with Crippen molar-refractivity contribution in [1.29, 1.82) is 0 Å². The van der Waals surface area contributed by atoms with Crippen LogP contribution in [0.3, 0.4) is 0 Å². The van der Waals surface area contributed by atoms with Gasteiger partial charge in [-0.05, 0) is 24.7 Å². The number of hydrogen-bond donors (Lipinski definition) is 2. The van der Waals surface area contributed by atoms with Gasteiger partial charge in [0.2, 0.25) is 0 Å². The van der Waals surface area contributed by atoms with E-state index in [1.807, 2.05) is 0 Å². The van der Waals surface area contributed by atoms with Crippen molar-refractivity contribution in [3.8, 4) is 0 Å². The van der Waals surface area contributed by atoms with Crippen LogP contribution in [0, 0.1) is 17.8 Å². The van der Waals surface area contributed by atoms with Crippen molar-refractivity contribution in [3.63, 3.8) is 0 Å². The largest absolute Gasteiger partial charge is 0.313 e. The Bertz CT molecular complexity index is 202. The van der Waals surface area contributed by atoms with Crippen molar-refractivity contribution in [2.45, 2.75) is 76.8 Å². The molecule has 2 aliphatic carbocycles. The minimum Gasteiger partial charge on any atom is -0.313 e. The van der Waals surface area contributed by atoms with Gasteiger partial charge in [-0.25, -0.2) is 0 Å². The maximum absolute atomic E-state index is 6.32. The van der Waals surface area contributed by atoms with Crippen LogP contribution in [-0.2, 0) is 0 Å². The molecule has 0 aromatic carbocycles. The second kappa shape index (κ2) is 5.71. The van der Waals surface area contributed by atoms with Gasteiger partial charge in [0.15, 0.2) is 0 Å². The van der Waals surface area contributed by atoms with Gasteiger partial charge in [-0.2, -0.15) is 0 Å². The fourth-order valence-electron chi connectivity index (χ4n) is 4.39. The molecule has 0 aliphatic heterocycles. The van der Waals surface area contributed by atoms with Crippen LogP contribution in [-0.4, -0.2) is 5.66 Å². The maximum Gasteiger partial charge on any atom is 0.0641 e. The second-order valence-electron chi connectivity index (χ2n) is 6.69. The Labute approximate surface area is 107 Å². The lowest BCUT2D eigenvalue weighted by Gasteiger charge is -2.44. The molecule has 0 aromatic rings. The molecule has 17 heavy (non-hydrogen) atoms. The molecule has 2 rings (SSSR count). The highest BCUT2D eigenvalue weighted by atomic mass is 15.0. The quantitative estimate of drug-likeness (QED) is 0.740. The average Bonchev–Trinajstić information content (AvgIpc) is 2.30. The van der Waals surface area contributed by atoms with Gasteiger partial charge in [-0.3, -0.25) is 0 Å². The van der Waals surface area contributed by atoms with Gasteiger partial charge in [0.1, 0.15) is 0 Å². The normalized spacial score (nSPS) is 25.4. The van der Waals surface area contributed by atoms with Crippen LogP contribution in [0.15, 0.2) is 0 Å². The van der Waals surface area contributed by atoms with Crippen LogP contribution < -0.4 is 11.5 Å². The van der Waals surface area contributed by atoms with Crippen LogP contribution in [0.1, 0.15) is 71.1 Å². The Morgan fingerprint density at radius 3 is 1.41 bits per heavy atom. The number of nitrogens with two attached hydrogens (primary N) is 2. The summed E-state index contributed by atoms with van der Waals surface area (Å²) in [4.78, 5) is 0. The third kappa shape index (κ3) is 3.45. The van der Waals surface area contributed by atoms with Crippen LogP contribution in [0.25, 0.3) is 0 Å². The molecule has 0 bridgehead atoms. The highest BCUT2D eigenvalue weighted by molar-refractivity contribution is 4.92. The van der Waals surface area contributed by atoms with E-state index in [2.05, 4.69) is 6.92 Å². The molecule has 0 spiro atoms. The van der Waals surface area contributed by atoms with Crippen molar-refractivity contribution in [3.05, 3.63) is 0 Å². The molecule has 0 atom stereocenters. The molecule has 0 radical (unpaired) electrons. The summed E-state index contributed by atoms with van der Waals surface area (Å²) in [6.07, 6.45) is 13.9. The van der Waals surface area contributed by atoms with E-state index in [4.69, 9.17) is 11.5 Å². The summed E-state index contributed by atoms with van der Waals surface area (Å²) >= 11 is 0. The Kier molecular flexibility index (Phi) is 4.48. The van der Waals surface area contributed by atoms with E-state index in [-0.39, 0.29) is 0 Å². The van der Waals surface area contributed by atoms with Crippen LogP contribution in [0.5, 0.6) is 0 Å². The zero-order chi connectivity index (χ0) is 12.3. The highest BCUT2D eigenvalue weighted by Gasteiger charge is 2.39. The summed E-state index contributed by atoms with van der Waals surface area (Å²) in [6, 6.07) is 0. The van der Waals surface area contributed by atoms with E-state index in [1.54, 1.807) is 0 Å². The van der Waals surface area contributed by atoms with Gasteiger partial charge < -0.3 is 11.5 Å². The van der Waals surface area contributed by atoms with Gasteiger partial charge >= 0.3 is 0 Å². The van der Waals surface area contributed by atoms with E-state index in [0.29, 0.717) is 5.92 Å². The summed E-state index contributed by atoms with van der Waals surface area (Å²) in [5, 5.41) is 0. The first kappa shape index (κ1) is 13.4. The van der Waals surface area contributed by atoms with Crippen LogP contribution in [0.4, 0.5) is 0 Å². The molecular weight excluding hydrogens is 208 g/mol. The monoisotopic (exact) mass is 238 g/mol. The Hall–Kier alpha value is -0.0800. The summed E-state index contributed by atoms with van der Waals surface area (Å²) in [7, 11) is 0. The molecule has 2 nitrogen and oxygen atoms in total. The van der Waals surface area contributed by atoms with Crippen molar-refractivity contribution >= 4 is 0 Å². The van der Waals surface area contributed by atoms with E-state index in [9.17, 15) is 0 Å². The SMILES string of the molecule is CC(N)(N)C(C1CCCCC1)C1CCCCC1. The second-order valence-corrected chi connectivity index (χ2v) is 6.69. The molecule has 0 unspecified atom stereocenters. The summed E-state index contributed by atoms with van der Waals surface area (Å²) in [5.41, 5.74) is 12.2. The Morgan fingerprint density at radius 2 is 1.12 bits per heavy atom. The predicted octanol–water partition coefficient (Wildman–Crippen LogP) is 3.40. The number of hydrogen-bond acceptors (Lipinski definition) is 2. The van der Waals surface area contributed by atoms with Crippen molar-refractivity contribution < 1.29 is 0 Å². The van der Waals surface area contributed by atoms with Crippen LogP contribution >= 0.6 is 0 Å². The molecule has 0 heterocycles. The van der Waals surface area contributed by atoms with E-state index in [0.717, 1.165) is 11.8 Å². The topological polar surface area (TPSA) is 52.0 Å². The first-order valence-corrected chi connectivity index (χ1v) is 7.67. The molecule has 0 aromatic heterocycles. The molecule has 2 heteroatoms. The number of rotatable bonds is 3. The van der Waals surface area contributed by atoms with Gasteiger partial charge in [-0.1, -0.05) is 64.2 Å². The molecule has 2 saturated carbocycles. The zero-order valence-electron chi connectivity index (χ0n) is 11.5. The van der Waals surface area contributed by atoms with Gasteiger partial charge in [0.05, 0.1) is 5.66 Å². The van der Waals surface area contributed by atoms with E-state index in [1.165, 1.54) is 64.2 Å². The standard InChI is InChI=1S/C15H30N2/c1-15(16,17)14(12-8-4-2-5-9-12)13-10-6-3-7-11-13/h12-14H,2-11,16-17H2,1H3. The Morgan fingerprint density at radius 1 is 0.765 bits per heavy atom. The predicted molar refractivity (Wildman–Crippen MR) is 73.4 cm³/mol. The molecule has 100 valence electrons. The van der Waals surface area contributed by atoms with Crippen molar-refractivity contribution in [2.75, 3.05) is 0 Å². The Balaban J connectivity index is 2.06. The third-order valence-corrected chi connectivity index (χ3v) is 5.03. The van der Waals surface area contributed by atoms with Crippen molar-refractivity contribution in [1.82, 2.24) is 0 Å². The van der Waals surface area contributed by atoms with E-state index < -0.39 is 5.66 Å². The molecule has 0 amide bonds. The molecular formula is C15H30N2. The zero-order valence-corrected chi connectivity index (χ0v) is 11.5. The molecule has 2 fully saturated rings. The highest BCUT2D eigenvalue weighted by Crippen LogP contribution is 2.42. The average molecular weight is 238 g/mol. The minimum atomic E-state index is -0.468. The summed E-state index contributed by atoms with van der Waals surface area (Å²) < 4.78 is 0. The maximum atomic E-state index is 6.32. The molecule has 0 saturated heterocycles. The van der Waals surface area contributed by atoms with Gasteiger partial charge in [0.25, 0.3) is 0 Å². The van der Waals surface area contributed by atoms with E-state index >= 15 is 0 Å². The lowest BCUT2D eigenvalue weighted by Crippen LogP contribution is -2.58. The lowest BCUT2D eigenvalue weighted by atomic mass is 9.65. The third-order valence-electron chi connectivity index (χ3n) is 5.03. The van der Waals surface area contributed by atoms with Gasteiger partial charge in [-0.15, -0.1) is 0 Å². The van der Waals surface area contributed by atoms with Crippen LogP contribution in [0.2, 0.25) is 0 Å². The lowest BCUT2D eigenvalue weighted by molar-refractivity contribution is 0.0778. The van der Waals surface area contributed by atoms with Gasteiger partial charge in [0, 0.05) is 0 Å². The first-order valence-electron chi connectivity index (χ1n) is 7.67. The molecule has 2 aliphatic rings. The van der Waals surface area contributed by atoms with Crippen molar-refractivity contribution in [2.24, 2.45) is 29.2 Å². The first-order chi connectivity index (χ1) is 8.09. The summed E-state index contributed by atoms with van der Waals surface area (Å²) in [6.45, 7) is 2.06. The fourth-order valence-corrected chi connectivity index (χ4v) is 4.39. The molecule has 4 N–H and O–H groups in total. The fraction of sp³-hybridized carbons (Fsp3) is 1.00. The minimum absolute atomic E-state index is 0.468.